The van der Waals surface area contributed by atoms with Gasteiger partial charge in [-0.1, -0.05) is 12.1 Å². The molecule has 0 aliphatic rings. The Hall–Kier alpha value is -3.07. The zero-order valence-electron chi connectivity index (χ0n) is 12.4. The number of sulfonamides is 1. The molecule has 0 unspecified atom stereocenters. The van der Waals surface area contributed by atoms with Crippen LogP contribution in [0.5, 0.6) is 0 Å². The van der Waals surface area contributed by atoms with Gasteiger partial charge in [-0.2, -0.15) is 0 Å². The van der Waals surface area contributed by atoms with Crippen LogP contribution in [-0.2, 0) is 10.0 Å². The van der Waals surface area contributed by atoms with Gasteiger partial charge in [-0.05, 0) is 42.3 Å². The van der Waals surface area contributed by atoms with Gasteiger partial charge in [0, 0.05) is 0 Å². The molecule has 24 heavy (non-hydrogen) atoms. The van der Waals surface area contributed by atoms with Gasteiger partial charge in [0.1, 0.15) is 0 Å². The number of nitrogens with one attached hydrogen (secondary N) is 3. The highest BCUT2D eigenvalue weighted by molar-refractivity contribution is 7.92. The summed E-state index contributed by atoms with van der Waals surface area (Å²) in [6.07, 6.45) is 0. The molecule has 8 nitrogen and oxygen atoms in total. The summed E-state index contributed by atoms with van der Waals surface area (Å²) < 4.78 is 27.4. The number of carbonyl (C=O) groups is 1. The van der Waals surface area contributed by atoms with E-state index < -0.39 is 21.7 Å². The molecule has 0 saturated heterocycles. The molecule has 0 radical (unpaired) electrons. The summed E-state index contributed by atoms with van der Waals surface area (Å²) in [7, 11) is -3.96. The van der Waals surface area contributed by atoms with Crippen molar-refractivity contribution in [1.29, 1.82) is 0 Å². The van der Waals surface area contributed by atoms with E-state index in [9.17, 15) is 23.1 Å². The van der Waals surface area contributed by atoms with Gasteiger partial charge in [-0.15, -0.1) is 0 Å². The summed E-state index contributed by atoms with van der Waals surface area (Å²) >= 11 is 0. The number of carboxylic acid groups (broad SMARTS) is 1. The molecule has 0 aliphatic heterocycles. The number of hydrogen-bond donors (Lipinski definition) is 3. The number of rotatable bonds is 4. The first kappa shape index (κ1) is 15.8. The number of imidazole rings is 1. The van der Waals surface area contributed by atoms with Crippen LogP contribution < -0.4 is 15.5 Å². The third-order valence-electron chi connectivity index (χ3n) is 3.52. The Kier molecular flexibility index (Phi) is 3.64. The Balaban J connectivity index is 2.02. The number of carboxylic acids is 1. The van der Waals surface area contributed by atoms with Gasteiger partial charge >= 0.3 is 5.69 Å². The molecule has 9 heteroatoms. The van der Waals surface area contributed by atoms with Crippen LogP contribution in [-0.4, -0.2) is 24.4 Å². The largest absolute Gasteiger partial charge is 0.545 e. The SMILES string of the molecule is Cc1ccc(C(=O)[O-])cc1NS(=O)(=O)c1ccc2[nH]c(=O)[nH]c2c1. The summed E-state index contributed by atoms with van der Waals surface area (Å²) in [4.78, 5) is 27.1. The minimum absolute atomic E-state index is 0.0662. The van der Waals surface area contributed by atoms with E-state index in [1.54, 1.807) is 6.92 Å². The van der Waals surface area contributed by atoms with E-state index in [1.807, 2.05) is 0 Å². The lowest BCUT2D eigenvalue weighted by Gasteiger charge is -2.13. The molecule has 0 spiro atoms. The van der Waals surface area contributed by atoms with Crippen molar-refractivity contribution in [3.05, 3.63) is 58.0 Å². The smallest absolute Gasteiger partial charge is 0.323 e. The molecular formula is C15H12N3O5S-. The van der Waals surface area contributed by atoms with E-state index in [0.29, 0.717) is 16.6 Å². The van der Waals surface area contributed by atoms with Gasteiger partial charge < -0.3 is 19.9 Å². The van der Waals surface area contributed by atoms with Crippen LogP contribution in [0.1, 0.15) is 15.9 Å². The van der Waals surface area contributed by atoms with Crippen molar-refractivity contribution < 1.29 is 18.3 Å². The highest BCUT2D eigenvalue weighted by Crippen LogP contribution is 2.22. The second-order valence-corrected chi connectivity index (χ2v) is 6.89. The lowest BCUT2D eigenvalue weighted by Crippen LogP contribution is -2.22. The minimum atomic E-state index is -3.96. The van der Waals surface area contributed by atoms with Gasteiger partial charge in [-0.25, -0.2) is 13.2 Å². The Labute approximate surface area is 136 Å². The van der Waals surface area contributed by atoms with Crippen molar-refractivity contribution in [2.45, 2.75) is 11.8 Å². The number of benzene rings is 2. The molecule has 3 rings (SSSR count). The summed E-state index contributed by atoms with van der Waals surface area (Å²) in [6.45, 7) is 1.64. The lowest BCUT2D eigenvalue weighted by atomic mass is 10.1. The van der Waals surface area contributed by atoms with E-state index >= 15 is 0 Å². The quantitative estimate of drug-likeness (QED) is 0.625. The van der Waals surface area contributed by atoms with E-state index in [2.05, 4.69) is 14.7 Å². The van der Waals surface area contributed by atoms with Crippen LogP contribution >= 0.6 is 0 Å². The summed E-state index contributed by atoms with van der Waals surface area (Å²) in [5.41, 5.74) is 0.949. The highest BCUT2D eigenvalue weighted by Gasteiger charge is 2.17. The zero-order valence-corrected chi connectivity index (χ0v) is 13.2. The maximum atomic E-state index is 12.5. The van der Waals surface area contributed by atoms with E-state index in [1.165, 1.54) is 36.4 Å². The summed E-state index contributed by atoms with van der Waals surface area (Å²) in [6, 6.07) is 8.12. The predicted molar refractivity (Wildman–Crippen MR) is 85.2 cm³/mol. The maximum absolute atomic E-state index is 12.5. The van der Waals surface area contributed by atoms with Crippen LogP contribution in [0.3, 0.4) is 0 Å². The number of aromatic amines is 2. The highest BCUT2D eigenvalue weighted by atomic mass is 32.2. The standard InChI is InChI=1S/C15H13N3O5S/c1-8-2-3-9(14(19)20)6-12(8)18-24(22,23)10-4-5-11-13(7-10)17-15(21)16-11/h2-7,18H,1H3,(H,19,20)(H2,16,17,21)/p-1. The number of carbonyl (C=O) groups excluding carboxylic acids is 1. The fourth-order valence-electron chi connectivity index (χ4n) is 2.24. The number of aromatic nitrogens is 2. The molecule has 0 bridgehead atoms. The van der Waals surface area contributed by atoms with Crippen molar-refractivity contribution in [3.8, 4) is 0 Å². The predicted octanol–water partition coefficient (Wildman–Crippen LogP) is 0.329. The molecule has 2 aromatic carbocycles. The molecule has 1 heterocycles. The zero-order chi connectivity index (χ0) is 17.5. The van der Waals surface area contributed by atoms with Crippen LogP contribution in [0.4, 0.5) is 5.69 Å². The van der Waals surface area contributed by atoms with Gasteiger partial charge in [-0.3, -0.25) is 4.72 Å². The molecule has 3 aromatic rings. The van der Waals surface area contributed by atoms with Crippen LogP contribution in [0.2, 0.25) is 0 Å². The number of hydrogen-bond acceptors (Lipinski definition) is 5. The monoisotopic (exact) mass is 346 g/mol. The molecule has 0 fully saturated rings. The fraction of sp³-hybridized carbons (Fsp3) is 0.0667. The Morgan fingerprint density at radius 1 is 1.08 bits per heavy atom. The number of anilines is 1. The molecule has 0 saturated carbocycles. The molecule has 124 valence electrons. The van der Waals surface area contributed by atoms with Gasteiger partial charge in [0.25, 0.3) is 10.0 Å². The molecule has 0 aliphatic carbocycles. The van der Waals surface area contributed by atoms with Crippen molar-refractivity contribution in [1.82, 2.24) is 9.97 Å². The molecule has 3 N–H and O–H groups in total. The van der Waals surface area contributed by atoms with Crippen LogP contribution in [0.15, 0.2) is 46.1 Å². The number of aromatic carboxylic acids is 1. The number of fused-ring (bicyclic) bond motifs is 1. The van der Waals surface area contributed by atoms with Crippen LogP contribution in [0.25, 0.3) is 11.0 Å². The normalized spacial score (nSPS) is 11.5. The average Bonchev–Trinajstić information content (AvgIpc) is 2.88. The maximum Gasteiger partial charge on any atom is 0.323 e. The summed E-state index contributed by atoms with van der Waals surface area (Å²) in [5, 5.41) is 10.9. The number of aryl methyl sites for hydroxylation is 1. The number of H-pyrrole nitrogens is 2. The van der Waals surface area contributed by atoms with Crippen molar-refractivity contribution in [2.24, 2.45) is 0 Å². The first-order chi connectivity index (χ1) is 11.3. The van der Waals surface area contributed by atoms with E-state index in [0.717, 1.165) is 0 Å². The minimum Gasteiger partial charge on any atom is -0.545 e. The van der Waals surface area contributed by atoms with E-state index in [4.69, 9.17) is 0 Å². The average molecular weight is 346 g/mol. The Bertz CT molecular complexity index is 1110. The first-order valence-corrected chi connectivity index (χ1v) is 8.31. The lowest BCUT2D eigenvalue weighted by molar-refractivity contribution is -0.255. The van der Waals surface area contributed by atoms with Gasteiger partial charge in [0.15, 0.2) is 0 Å². The first-order valence-electron chi connectivity index (χ1n) is 6.83. The second kappa shape index (κ2) is 5.53. The molecule has 0 atom stereocenters. The van der Waals surface area contributed by atoms with Gasteiger partial charge in [0.2, 0.25) is 0 Å². The topological polar surface area (TPSA) is 135 Å². The molecule has 1 aromatic heterocycles. The molecule has 0 amide bonds. The third kappa shape index (κ3) is 2.88. The van der Waals surface area contributed by atoms with Crippen LogP contribution in [0, 0.1) is 6.92 Å². The Morgan fingerprint density at radius 3 is 2.50 bits per heavy atom. The van der Waals surface area contributed by atoms with E-state index in [-0.39, 0.29) is 16.1 Å². The van der Waals surface area contributed by atoms with Crippen molar-refractivity contribution in [3.63, 3.8) is 0 Å². The Morgan fingerprint density at radius 2 is 1.79 bits per heavy atom. The second-order valence-electron chi connectivity index (χ2n) is 5.21. The fourth-order valence-corrected chi connectivity index (χ4v) is 3.39. The van der Waals surface area contributed by atoms with Crippen molar-refractivity contribution in [2.75, 3.05) is 4.72 Å². The van der Waals surface area contributed by atoms with Crippen molar-refractivity contribution >= 4 is 32.7 Å². The van der Waals surface area contributed by atoms with Gasteiger partial charge in [0.05, 0.1) is 27.6 Å². The third-order valence-corrected chi connectivity index (χ3v) is 4.88. The molecular weight excluding hydrogens is 334 g/mol. The summed E-state index contributed by atoms with van der Waals surface area (Å²) in [5.74, 6) is -1.40.